The molecule has 4 rings (SSSR count). The van der Waals surface area contributed by atoms with E-state index in [2.05, 4.69) is 19.9 Å². The van der Waals surface area contributed by atoms with E-state index >= 15 is 0 Å². The summed E-state index contributed by atoms with van der Waals surface area (Å²) in [6.45, 7) is 0. The van der Waals surface area contributed by atoms with Crippen LogP contribution in [0.1, 0.15) is 41.7 Å². The average Bonchev–Trinajstić information content (AvgIpc) is 2.90. The van der Waals surface area contributed by atoms with Gasteiger partial charge in [0.25, 0.3) is 0 Å². The van der Waals surface area contributed by atoms with Crippen LogP contribution in [0.15, 0.2) is 85.7 Å². The molecule has 246 valence electrons. The number of carboxylic acid groups (broad SMARTS) is 4. The number of carbonyl (C=O) groups is 4. The van der Waals surface area contributed by atoms with E-state index in [-0.39, 0.29) is 93.9 Å². The van der Waals surface area contributed by atoms with Gasteiger partial charge in [0.1, 0.15) is 0 Å². The smallest absolute Gasteiger partial charge is 0.545 e. The molecule has 20 nitrogen and oxygen atoms in total. The van der Waals surface area contributed by atoms with Gasteiger partial charge in [-0.1, -0.05) is 0 Å². The third-order valence-corrected chi connectivity index (χ3v) is 4.10. The Bertz CT molecular complexity index is 1210. The Hall–Kier alpha value is -4.59. The first-order chi connectivity index (χ1) is 17.2. The molecule has 4 aromatic rings. The maximum atomic E-state index is 10.2. The van der Waals surface area contributed by atoms with Crippen LogP contribution < -0.4 is 20.4 Å². The molecule has 0 fully saturated rings. The SMILES string of the molecule is O.O.O=C([O-])c1ccnc(C(=O)[O-])c1.O=C([O-])c1ccnc(C(=O)[O-])c1.[OH3+].[OH3+].[OH3+].[OH3+].[OH3+].[OH3+].[Zn+2].[Zn+2].c1cc(-c2ccncc2)ccn1. The van der Waals surface area contributed by atoms with Crippen molar-refractivity contribution in [1.82, 2.24) is 19.9 Å². The van der Waals surface area contributed by atoms with Crippen molar-refractivity contribution >= 4 is 23.9 Å². The monoisotopic (exact) mass is 764 g/mol. The van der Waals surface area contributed by atoms with Gasteiger partial charge in [0.2, 0.25) is 0 Å². The van der Waals surface area contributed by atoms with Crippen LogP contribution in [-0.4, -0.2) is 54.8 Å². The summed E-state index contributed by atoms with van der Waals surface area (Å²) in [5.41, 5.74) is 1.04. The van der Waals surface area contributed by atoms with Crippen molar-refractivity contribution in [3.63, 3.8) is 0 Å². The number of hydrogen-bond donors (Lipinski definition) is 0. The van der Waals surface area contributed by atoms with E-state index in [1.807, 2.05) is 24.3 Å². The van der Waals surface area contributed by atoms with Crippen LogP contribution in [-0.2, 0) is 71.8 Å². The number of pyridine rings is 4. The van der Waals surface area contributed by atoms with Gasteiger partial charge < -0.3 is 83.4 Å². The van der Waals surface area contributed by atoms with E-state index < -0.39 is 35.3 Å². The van der Waals surface area contributed by atoms with Crippen molar-refractivity contribution in [3.05, 3.63) is 108 Å². The summed E-state index contributed by atoms with van der Waals surface area (Å²) in [5, 5.41) is 40.8. The quantitative estimate of drug-likeness (QED) is 0.135. The molecule has 0 radical (unpaired) electrons. The van der Waals surface area contributed by atoms with Crippen molar-refractivity contribution in [3.8, 4) is 11.1 Å². The number of nitrogens with zero attached hydrogens (tertiary/aromatic N) is 4. The zero-order valence-corrected chi connectivity index (χ0v) is 30.0. The predicted octanol–water partition coefficient (Wildman–Crippen LogP) is -9.42. The van der Waals surface area contributed by atoms with Crippen LogP contribution in [0.2, 0.25) is 0 Å². The largest absolute Gasteiger partial charge is 2.00 e. The molecule has 0 aliphatic heterocycles. The maximum absolute atomic E-state index is 10.2. The first kappa shape index (κ1) is 64.4. The molecule has 0 aliphatic rings. The topological polar surface area (TPSA) is 473 Å². The molecule has 0 bridgehead atoms. The molecule has 0 aliphatic carbocycles. The molecule has 46 heavy (non-hydrogen) atoms. The van der Waals surface area contributed by atoms with Gasteiger partial charge in [-0.3, -0.25) is 19.9 Å². The Kier molecular flexibility index (Phi) is 46.6. The molecule has 0 unspecified atom stereocenters. The van der Waals surface area contributed by atoms with Gasteiger partial charge >= 0.3 is 39.0 Å². The van der Waals surface area contributed by atoms with Crippen molar-refractivity contribution in [2.24, 2.45) is 0 Å². The van der Waals surface area contributed by atoms with Crippen molar-refractivity contribution in [2.75, 3.05) is 0 Å². The molecular formula is C24H36N4O16Zn2+6. The Morgan fingerprint density at radius 1 is 0.435 bits per heavy atom. The first-order valence-corrected chi connectivity index (χ1v) is 9.77. The van der Waals surface area contributed by atoms with Gasteiger partial charge in [-0.25, -0.2) is 0 Å². The van der Waals surface area contributed by atoms with Crippen LogP contribution >= 0.6 is 0 Å². The summed E-state index contributed by atoms with van der Waals surface area (Å²) in [5.74, 6) is -5.92. The molecule has 0 amide bonds. The van der Waals surface area contributed by atoms with Crippen LogP contribution in [0, 0.1) is 0 Å². The Morgan fingerprint density at radius 3 is 0.913 bits per heavy atom. The Morgan fingerprint density at radius 2 is 0.696 bits per heavy atom. The molecule has 0 aromatic carbocycles. The fourth-order valence-electron chi connectivity index (χ4n) is 2.43. The summed E-state index contributed by atoms with van der Waals surface area (Å²) >= 11 is 0. The average molecular weight is 767 g/mol. The number of carboxylic acids is 4. The van der Waals surface area contributed by atoms with Crippen LogP contribution in [0.3, 0.4) is 0 Å². The van der Waals surface area contributed by atoms with E-state index in [1.165, 1.54) is 11.1 Å². The summed E-state index contributed by atoms with van der Waals surface area (Å²) in [7, 11) is 0. The first-order valence-electron chi connectivity index (χ1n) is 9.77. The minimum absolute atomic E-state index is 0. The maximum Gasteiger partial charge on any atom is 2.00 e. The molecule has 4 aromatic heterocycles. The molecule has 22 N–H and O–H groups in total. The predicted molar refractivity (Wildman–Crippen MR) is 150 cm³/mol. The number of rotatable bonds is 5. The molecule has 0 saturated carbocycles. The van der Waals surface area contributed by atoms with Gasteiger partial charge in [-0.2, -0.15) is 0 Å². The third-order valence-electron chi connectivity index (χ3n) is 4.10. The van der Waals surface area contributed by atoms with E-state index in [9.17, 15) is 39.6 Å². The van der Waals surface area contributed by atoms with E-state index in [1.54, 1.807) is 24.8 Å². The normalized spacial score (nSPS) is 7.39. The number of hydrogen-bond acceptors (Lipinski definition) is 12. The summed E-state index contributed by atoms with van der Waals surface area (Å²) in [4.78, 5) is 55.5. The summed E-state index contributed by atoms with van der Waals surface area (Å²) < 4.78 is 0. The Balaban J connectivity index is -0.0000000575. The second-order valence-electron chi connectivity index (χ2n) is 6.48. The Labute approximate surface area is 284 Å². The van der Waals surface area contributed by atoms with Crippen molar-refractivity contribution in [1.29, 1.82) is 0 Å². The summed E-state index contributed by atoms with van der Waals surface area (Å²) in [6, 6.07) is 12.0. The van der Waals surface area contributed by atoms with Gasteiger partial charge in [0, 0.05) is 48.3 Å². The second-order valence-corrected chi connectivity index (χ2v) is 6.48. The van der Waals surface area contributed by atoms with Crippen LogP contribution in [0.25, 0.3) is 11.1 Å². The number of carbonyl (C=O) groups excluding carboxylic acids is 4. The number of aromatic nitrogens is 4. The van der Waals surface area contributed by atoms with E-state index in [0.717, 1.165) is 36.7 Å². The van der Waals surface area contributed by atoms with Crippen molar-refractivity contribution < 1.29 is 122 Å². The zero-order valence-electron chi connectivity index (χ0n) is 24.0. The van der Waals surface area contributed by atoms with Crippen molar-refractivity contribution in [2.45, 2.75) is 0 Å². The minimum atomic E-state index is -1.52. The fraction of sp³-hybridized carbons (Fsp3) is 0. The minimum Gasteiger partial charge on any atom is -0.545 e. The van der Waals surface area contributed by atoms with Gasteiger partial charge in [0.15, 0.2) is 0 Å². The molecular weight excluding hydrogens is 731 g/mol. The molecule has 4 heterocycles. The molecule has 22 heteroatoms. The fourth-order valence-corrected chi connectivity index (χ4v) is 2.43. The standard InChI is InChI=1S/C10H8N2.2C7H5NO4.8H2O.2Zn/c1-5-11-6-2-9(1)10-3-7-12-8-4-10;2*9-6(10)4-1-2-8-5(3-4)7(11)12;;;;;;;;;;/h1-8H;2*1-3H,(H,9,10)(H,11,12);8*1H2;;/q;;;;;;;;;;;2*+2/p+2. The van der Waals surface area contributed by atoms with Crippen LogP contribution in [0.5, 0.6) is 0 Å². The molecule has 0 atom stereocenters. The third kappa shape index (κ3) is 22.0. The summed E-state index contributed by atoms with van der Waals surface area (Å²) in [6.07, 6.45) is 9.28. The zero-order chi connectivity index (χ0) is 26.5. The molecule has 0 spiro atoms. The number of aromatic carboxylic acids is 4. The van der Waals surface area contributed by atoms with Crippen LogP contribution in [0.4, 0.5) is 0 Å². The molecule has 0 saturated heterocycles. The second kappa shape index (κ2) is 33.3. The van der Waals surface area contributed by atoms with Gasteiger partial charge in [-0.05, 0) is 59.7 Å². The van der Waals surface area contributed by atoms with E-state index in [4.69, 9.17) is 0 Å². The van der Waals surface area contributed by atoms with Gasteiger partial charge in [-0.15, -0.1) is 0 Å². The van der Waals surface area contributed by atoms with E-state index in [0.29, 0.717) is 0 Å². The van der Waals surface area contributed by atoms with Gasteiger partial charge in [0.05, 0.1) is 35.3 Å².